The number of hydrogen-bond acceptors (Lipinski definition) is 3. The Hall–Kier alpha value is -0.830. The summed E-state index contributed by atoms with van der Waals surface area (Å²) in [5, 5.41) is 0. The predicted molar refractivity (Wildman–Crippen MR) is 46.9 cm³/mol. The second-order valence-electron chi connectivity index (χ2n) is 2.76. The molecule has 0 atom stereocenters. The third kappa shape index (κ3) is 4.91. The van der Waals surface area contributed by atoms with Crippen LogP contribution in [0, 0.1) is 0 Å². The van der Waals surface area contributed by atoms with Crippen LogP contribution in [0.15, 0.2) is 11.6 Å². The van der Waals surface area contributed by atoms with E-state index in [1.54, 1.807) is 13.0 Å². The van der Waals surface area contributed by atoms with Crippen LogP contribution >= 0.6 is 0 Å². The minimum Gasteiger partial charge on any atom is -0.466 e. The van der Waals surface area contributed by atoms with Crippen LogP contribution in [0.1, 0.15) is 20.8 Å². The molecule has 0 unspecified atom stereocenters. The van der Waals surface area contributed by atoms with E-state index < -0.39 is 0 Å². The summed E-state index contributed by atoms with van der Waals surface area (Å²) in [7, 11) is 1.36. The van der Waals surface area contributed by atoms with Crippen LogP contribution in [0.4, 0.5) is 0 Å². The molecule has 0 aromatic rings. The van der Waals surface area contributed by atoms with Crippen LogP contribution in [-0.4, -0.2) is 25.8 Å². The zero-order valence-electron chi connectivity index (χ0n) is 8.09. The molecular formula is C9H16O3. The number of esters is 1. The van der Waals surface area contributed by atoms with Crippen LogP contribution < -0.4 is 0 Å². The van der Waals surface area contributed by atoms with Crippen LogP contribution in [0.25, 0.3) is 0 Å². The van der Waals surface area contributed by atoms with Gasteiger partial charge in [0.05, 0.1) is 19.8 Å². The molecule has 0 aromatic carbocycles. The standard InChI is InChI=1S/C9H16O3/c1-7(2)12-6-5-8(3)9(10)11-4/h5,7H,6H2,1-4H3. The summed E-state index contributed by atoms with van der Waals surface area (Å²) in [5.74, 6) is -0.303. The van der Waals surface area contributed by atoms with E-state index in [1.165, 1.54) is 7.11 Å². The molecule has 0 aliphatic rings. The molecule has 70 valence electrons. The molecule has 0 fully saturated rings. The lowest BCUT2D eigenvalue weighted by molar-refractivity contribution is -0.136. The summed E-state index contributed by atoms with van der Waals surface area (Å²) in [6.07, 6.45) is 1.90. The maximum atomic E-state index is 10.8. The molecule has 0 bridgehead atoms. The van der Waals surface area contributed by atoms with Crippen molar-refractivity contribution in [3.05, 3.63) is 11.6 Å². The molecule has 3 heteroatoms. The fourth-order valence-corrected chi connectivity index (χ4v) is 0.610. The van der Waals surface area contributed by atoms with Gasteiger partial charge in [-0.15, -0.1) is 0 Å². The molecule has 0 amide bonds. The molecule has 0 radical (unpaired) electrons. The van der Waals surface area contributed by atoms with Crippen molar-refractivity contribution in [2.75, 3.05) is 13.7 Å². The summed E-state index contributed by atoms with van der Waals surface area (Å²) >= 11 is 0. The summed E-state index contributed by atoms with van der Waals surface area (Å²) in [6, 6.07) is 0. The lowest BCUT2D eigenvalue weighted by Gasteiger charge is -2.04. The molecule has 0 N–H and O–H groups in total. The SMILES string of the molecule is COC(=O)C(C)=CCOC(C)C. The minimum absolute atomic E-state index is 0.187. The molecule has 3 nitrogen and oxygen atoms in total. The predicted octanol–water partition coefficient (Wildman–Crippen LogP) is 1.53. The number of carbonyl (C=O) groups excluding carboxylic acids is 1. The van der Waals surface area contributed by atoms with Gasteiger partial charge in [0.15, 0.2) is 0 Å². The molecule has 0 rings (SSSR count). The van der Waals surface area contributed by atoms with Crippen molar-refractivity contribution in [1.82, 2.24) is 0 Å². The van der Waals surface area contributed by atoms with Crippen LogP contribution in [0.2, 0.25) is 0 Å². The van der Waals surface area contributed by atoms with Crippen molar-refractivity contribution >= 4 is 5.97 Å². The number of methoxy groups -OCH3 is 1. The Balaban J connectivity index is 3.76. The highest BCUT2D eigenvalue weighted by Crippen LogP contribution is 1.96. The van der Waals surface area contributed by atoms with Gasteiger partial charge in [-0.05, 0) is 26.8 Å². The number of hydrogen-bond donors (Lipinski definition) is 0. The second kappa shape index (κ2) is 5.77. The van der Waals surface area contributed by atoms with E-state index in [-0.39, 0.29) is 12.1 Å². The maximum Gasteiger partial charge on any atom is 0.333 e. The average Bonchev–Trinajstić information content (AvgIpc) is 2.02. The monoisotopic (exact) mass is 172 g/mol. The lowest BCUT2D eigenvalue weighted by Crippen LogP contribution is -2.06. The number of rotatable bonds is 4. The first-order chi connectivity index (χ1) is 5.57. The van der Waals surface area contributed by atoms with Gasteiger partial charge in [-0.25, -0.2) is 4.79 Å². The Bertz CT molecular complexity index is 171. The Morgan fingerprint density at radius 2 is 2.08 bits per heavy atom. The van der Waals surface area contributed by atoms with E-state index in [0.29, 0.717) is 12.2 Å². The fourth-order valence-electron chi connectivity index (χ4n) is 0.610. The first-order valence-corrected chi connectivity index (χ1v) is 3.94. The van der Waals surface area contributed by atoms with Crippen LogP contribution in [-0.2, 0) is 14.3 Å². The first-order valence-electron chi connectivity index (χ1n) is 3.94. The summed E-state index contributed by atoms with van der Waals surface area (Å²) < 4.78 is 9.73. The van der Waals surface area contributed by atoms with E-state index in [2.05, 4.69) is 4.74 Å². The zero-order valence-corrected chi connectivity index (χ0v) is 8.09. The molecule has 0 saturated heterocycles. The Morgan fingerprint density at radius 1 is 1.50 bits per heavy atom. The smallest absolute Gasteiger partial charge is 0.333 e. The highest BCUT2D eigenvalue weighted by atomic mass is 16.5. The first kappa shape index (κ1) is 11.2. The Labute approximate surface area is 73.4 Å². The normalized spacial score (nSPS) is 11.9. The summed E-state index contributed by atoms with van der Waals surface area (Å²) in [6.45, 7) is 6.05. The molecular weight excluding hydrogens is 156 g/mol. The quantitative estimate of drug-likeness (QED) is 0.476. The van der Waals surface area contributed by atoms with Crippen molar-refractivity contribution in [3.8, 4) is 0 Å². The largest absolute Gasteiger partial charge is 0.466 e. The minimum atomic E-state index is -0.303. The molecule has 0 aliphatic carbocycles. The third-order valence-electron chi connectivity index (χ3n) is 1.33. The van der Waals surface area contributed by atoms with Crippen molar-refractivity contribution in [1.29, 1.82) is 0 Å². The zero-order chi connectivity index (χ0) is 9.56. The number of carbonyl (C=O) groups is 1. The van der Waals surface area contributed by atoms with Gasteiger partial charge in [-0.3, -0.25) is 0 Å². The Morgan fingerprint density at radius 3 is 2.50 bits per heavy atom. The van der Waals surface area contributed by atoms with E-state index in [1.807, 2.05) is 13.8 Å². The van der Waals surface area contributed by atoms with Gasteiger partial charge in [0.1, 0.15) is 0 Å². The topological polar surface area (TPSA) is 35.5 Å². The van der Waals surface area contributed by atoms with Gasteiger partial charge in [-0.2, -0.15) is 0 Å². The molecule has 0 spiro atoms. The molecule has 12 heavy (non-hydrogen) atoms. The summed E-state index contributed by atoms with van der Waals surface area (Å²) in [4.78, 5) is 10.8. The highest BCUT2D eigenvalue weighted by molar-refractivity contribution is 5.87. The molecule has 0 saturated carbocycles. The van der Waals surface area contributed by atoms with Gasteiger partial charge in [0, 0.05) is 5.57 Å². The highest BCUT2D eigenvalue weighted by Gasteiger charge is 2.01. The maximum absolute atomic E-state index is 10.8. The van der Waals surface area contributed by atoms with Gasteiger partial charge in [0.2, 0.25) is 0 Å². The molecule has 0 heterocycles. The summed E-state index contributed by atoms with van der Waals surface area (Å²) in [5.41, 5.74) is 0.582. The lowest BCUT2D eigenvalue weighted by atomic mass is 10.3. The van der Waals surface area contributed by atoms with Gasteiger partial charge in [-0.1, -0.05) is 0 Å². The van der Waals surface area contributed by atoms with E-state index in [4.69, 9.17) is 4.74 Å². The van der Waals surface area contributed by atoms with E-state index >= 15 is 0 Å². The van der Waals surface area contributed by atoms with Crippen molar-refractivity contribution in [2.24, 2.45) is 0 Å². The van der Waals surface area contributed by atoms with Crippen molar-refractivity contribution in [2.45, 2.75) is 26.9 Å². The number of ether oxygens (including phenoxy) is 2. The van der Waals surface area contributed by atoms with Crippen molar-refractivity contribution in [3.63, 3.8) is 0 Å². The average molecular weight is 172 g/mol. The van der Waals surface area contributed by atoms with Crippen LogP contribution in [0.5, 0.6) is 0 Å². The van der Waals surface area contributed by atoms with Crippen LogP contribution in [0.3, 0.4) is 0 Å². The van der Waals surface area contributed by atoms with Gasteiger partial charge >= 0.3 is 5.97 Å². The van der Waals surface area contributed by atoms with Gasteiger partial charge < -0.3 is 9.47 Å². The van der Waals surface area contributed by atoms with E-state index in [0.717, 1.165) is 0 Å². The molecule has 0 aromatic heterocycles. The Kier molecular flexibility index (Phi) is 5.37. The fraction of sp³-hybridized carbons (Fsp3) is 0.667. The second-order valence-corrected chi connectivity index (χ2v) is 2.76. The van der Waals surface area contributed by atoms with E-state index in [9.17, 15) is 4.79 Å². The molecule has 0 aliphatic heterocycles. The van der Waals surface area contributed by atoms with Gasteiger partial charge in [0.25, 0.3) is 0 Å². The van der Waals surface area contributed by atoms with Crippen molar-refractivity contribution < 1.29 is 14.3 Å². The third-order valence-corrected chi connectivity index (χ3v) is 1.33.